The van der Waals surface area contributed by atoms with E-state index in [0.29, 0.717) is 6.42 Å². The van der Waals surface area contributed by atoms with E-state index in [4.69, 9.17) is 0 Å². The minimum Gasteiger partial charge on any atom is -0.469 e. The molecule has 2 aromatic rings. The number of benzene rings is 1. The van der Waals surface area contributed by atoms with Crippen LogP contribution in [0.2, 0.25) is 0 Å². The van der Waals surface area contributed by atoms with Crippen molar-refractivity contribution < 1.29 is 9.53 Å². The van der Waals surface area contributed by atoms with Crippen molar-refractivity contribution in [2.75, 3.05) is 7.11 Å². The fourth-order valence-corrected chi connectivity index (χ4v) is 1.57. The Bertz CT molecular complexity index is 527. The van der Waals surface area contributed by atoms with E-state index in [2.05, 4.69) is 14.9 Å². The Morgan fingerprint density at radius 1 is 1.33 bits per heavy atom. The summed E-state index contributed by atoms with van der Waals surface area (Å²) < 4.78 is 4.55. The molecular weight excluding hydrogens is 228 g/mol. The van der Waals surface area contributed by atoms with Crippen LogP contribution in [0, 0.1) is 0 Å². The lowest BCUT2D eigenvalue weighted by Crippen LogP contribution is -1.96. The van der Waals surface area contributed by atoms with E-state index in [-0.39, 0.29) is 5.97 Å². The molecule has 1 heterocycles. The highest BCUT2D eigenvalue weighted by atomic mass is 16.5. The van der Waals surface area contributed by atoms with Crippen molar-refractivity contribution in [2.45, 2.75) is 6.42 Å². The van der Waals surface area contributed by atoms with E-state index in [1.54, 1.807) is 12.3 Å². The first-order valence-electron chi connectivity index (χ1n) is 5.63. The van der Waals surface area contributed by atoms with Crippen LogP contribution in [0.3, 0.4) is 0 Å². The summed E-state index contributed by atoms with van der Waals surface area (Å²) in [7, 11) is 1.38. The maximum Gasteiger partial charge on any atom is 0.309 e. The standard InChI is InChI=1S/C14H14N2O2/c1-18-14(17)4-2-3-11-5-7-12(8-6-11)13-9-10-15-16-13/h2-3,5-10H,4H2,1H3,(H,15,16). The summed E-state index contributed by atoms with van der Waals surface area (Å²) >= 11 is 0. The molecule has 92 valence electrons. The molecule has 0 aliphatic carbocycles. The number of carbonyl (C=O) groups is 1. The largest absolute Gasteiger partial charge is 0.469 e. The predicted octanol–water partition coefficient (Wildman–Crippen LogP) is 2.65. The quantitative estimate of drug-likeness (QED) is 0.838. The van der Waals surface area contributed by atoms with Gasteiger partial charge in [0.2, 0.25) is 0 Å². The summed E-state index contributed by atoms with van der Waals surface area (Å²) in [5.41, 5.74) is 3.11. The summed E-state index contributed by atoms with van der Waals surface area (Å²) in [5, 5.41) is 6.82. The van der Waals surface area contributed by atoms with Crippen LogP contribution in [-0.2, 0) is 9.53 Å². The number of rotatable bonds is 4. The van der Waals surface area contributed by atoms with Crippen molar-refractivity contribution in [1.82, 2.24) is 10.2 Å². The predicted molar refractivity (Wildman–Crippen MR) is 69.7 cm³/mol. The summed E-state index contributed by atoms with van der Waals surface area (Å²) in [6.07, 6.45) is 5.70. The molecule has 18 heavy (non-hydrogen) atoms. The zero-order chi connectivity index (χ0) is 12.8. The number of nitrogens with one attached hydrogen (secondary N) is 1. The second kappa shape index (κ2) is 5.82. The maximum atomic E-state index is 10.9. The normalized spacial score (nSPS) is 10.7. The third-order valence-corrected chi connectivity index (χ3v) is 2.54. The van der Waals surface area contributed by atoms with Crippen molar-refractivity contribution in [1.29, 1.82) is 0 Å². The molecule has 0 saturated heterocycles. The van der Waals surface area contributed by atoms with Gasteiger partial charge in [-0.05, 0) is 17.2 Å². The van der Waals surface area contributed by atoms with Crippen molar-refractivity contribution >= 4 is 12.0 Å². The van der Waals surface area contributed by atoms with Crippen LogP contribution in [0.1, 0.15) is 12.0 Å². The molecule has 0 fully saturated rings. The first-order valence-corrected chi connectivity index (χ1v) is 5.63. The molecule has 1 aromatic carbocycles. The number of hydrogen-bond acceptors (Lipinski definition) is 3. The van der Waals surface area contributed by atoms with Crippen LogP contribution in [-0.4, -0.2) is 23.3 Å². The number of ether oxygens (including phenoxy) is 1. The fraction of sp³-hybridized carbons (Fsp3) is 0.143. The van der Waals surface area contributed by atoms with Gasteiger partial charge in [-0.2, -0.15) is 5.10 Å². The van der Waals surface area contributed by atoms with Crippen molar-refractivity contribution in [3.05, 3.63) is 48.2 Å². The van der Waals surface area contributed by atoms with Gasteiger partial charge < -0.3 is 4.74 Å². The lowest BCUT2D eigenvalue weighted by molar-refractivity contribution is -0.139. The minimum absolute atomic E-state index is 0.236. The molecule has 0 aliphatic heterocycles. The van der Waals surface area contributed by atoms with E-state index in [1.807, 2.05) is 36.4 Å². The van der Waals surface area contributed by atoms with Crippen LogP contribution >= 0.6 is 0 Å². The third kappa shape index (κ3) is 3.07. The third-order valence-electron chi connectivity index (χ3n) is 2.54. The SMILES string of the molecule is COC(=O)CC=Cc1ccc(-c2ccn[nH]2)cc1. The zero-order valence-corrected chi connectivity index (χ0v) is 10.1. The number of aromatic nitrogens is 2. The fourth-order valence-electron chi connectivity index (χ4n) is 1.57. The first-order chi connectivity index (χ1) is 8.79. The van der Waals surface area contributed by atoms with Crippen LogP contribution in [0.25, 0.3) is 17.3 Å². The second-order valence-corrected chi connectivity index (χ2v) is 3.77. The molecule has 0 aliphatic rings. The molecule has 4 nitrogen and oxygen atoms in total. The highest BCUT2D eigenvalue weighted by Gasteiger charge is 1.98. The second-order valence-electron chi connectivity index (χ2n) is 3.77. The Labute approximate surface area is 105 Å². The molecule has 0 spiro atoms. The number of aromatic amines is 1. The van der Waals surface area contributed by atoms with Gasteiger partial charge >= 0.3 is 5.97 Å². The molecule has 1 N–H and O–H groups in total. The van der Waals surface area contributed by atoms with Crippen molar-refractivity contribution in [2.24, 2.45) is 0 Å². The molecule has 0 bridgehead atoms. The van der Waals surface area contributed by atoms with Crippen LogP contribution in [0.15, 0.2) is 42.6 Å². The molecule has 1 aromatic heterocycles. The Kier molecular flexibility index (Phi) is 3.91. The Morgan fingerprint density at radius 2 is 2.11 bits per heavy atom. The van der Waals surface area contributed by atoms with E-state index in [9.17, 15) is 4.79 Å². The van der Waals surface area contributed by atoms with Gasteiger partial charge in [0, 0.05) is 6.20 Å². The number of hydrogen-bond donors (Lipinski definition) is 1. The summed E-state index contributed by atoms with van der Waals surface area (Å²) in [6.45, 7) is 0. The molecule has 0 radical (unpaired) electrons. The van der Waals surface area contributed by atoms with Gasteiger partial charge in [-0.1, -0.05) is 36.4 Å². The number of esters is 1. The minimum atomic E-state index is -0.236. The van der Waals surface area contributed by atoms with Gasteiger partial charge in [0.1, 0.15) is 0 Å². The number of carbonyl (C=O) groups excluding carboxylic acids is 1. The maximum absolute atomic E-state index is 10.9. The molecule has 2 rings (SSSR count). The lowest BCUT2D eigenvalue weighted by Gasteiger charge is -1.98. The highest BCUT2D eigenvalue weighted by Crippen LogP contribution is 2.17. The first kappa shape index (κ1) is 12.1. The summed E-state index contributed by atoms with van der Waals surface area (Å²) in [6, 6.07) is 9.91. The molecule has 4 heteroatoms. The lowest BCUT2D eigenvalue weighted by atomic mass is 10.1. The Balaban J connectivity index is 2.02. The van der Waals surface area contributed by atoms with E-state index in [0.717, 1.165) is 16.8 Å². The van der Waals surface area contributed by atoms with Crippen LogP contribution in [0.5, 0.6) is 0 Å². The number of H-pyrrole nitrogens is 1. The topological polar surface area (TPSA) is 55.0 Å². The van der Waals surface area contributed by atoms with Gasteiger partial charge in [-0.3, -0.25) is 9.89 Å². The molecular formula is C14H14N2O2. The van der Waals surface area contributed by atoms with Gasteiger partial charge in [0.15, 0.2) is 0 Å². The molecule has 0 atom stereocenters. The van der Waals surface area contributed by atoms with Crippen LogP contribution in [0.4, 0.5) is 0 Å². The van der Waals surface area contributed by atoms with Crippen LogP contribution < -0.4 is 0 Å². The monoisotopic (exact) mass is 242 g/mol. The average molecular weight is 242 g/mol. The number of methoxy groups -OCH3 is 1. The Hall–Kier alpha value is -2.36. The highest BCUT2D eigenvalue weighted by molar-refractivity contribution is 5.72. The smallest absolute Gasteiger partial charge is 0.309 e. The average Bonchev–Trinajstić information content (AvgIpc) is 2.93. The van der Waals surface area contributed by atoms with E-state index in [1.165, 1.54) is 7.11 Å². The summed E-state index contributed by atoms with van der Waals surface area (Å²) in [4.78, 5) is 10.9. The van der Waals surface area contributed by atoms with Gasteiger partial charge in [0.25, 0.3) is 0 Å². The number of nitrogens with zero attached hydrogens (tertiary/aromatic N) is 1. The van der Waals surface area contributed by atoms with Gasteiger partial charge in [-0.15, -0.1) is 0 Å². The van der Waals surface area contributed by atoms with Crippen molar-refractivity contribution in [3.8, 4) is 11.3 Å². The molecule has 0 amide bonds. The molecule has 0 saturated carbocycles. The van der Waals surface area contributed by atoms with Crippen molar-refractivity contribution in [3.63, 3.8) is 0 Å². The van der Waals surface area contributed by atoms with E-state index < -0.39 is 0 Å². The Morgan fingerprint density at radius 3 is 2.72 bits per heavy atom. The van der Waals surface area contributed by atoms with Gasteiger partial charge in [-0.25, -0.2) is 0 Å². The van der Waals surface area contributed by atoms with Gasteiger partial charge in [0.05, 0.1) is 19.2 Å². The zero-order valence-electron chi connectivity index (χ0n) is 10.1. The summed E-state index contributed by atoms with van der Waals surface area (Å²) in [5.74, 6) is -0.236. The van der Waals surface area contributed by atoms with E-state index >= 15 is 0 Å². The molecule has 0 unspecified atom stereocenters.